The molecule has 3 aromatic heterocycles. The van der Waals surface area contributed by atoms with Crippen LogP contribution in [0.4, 0.5) is 5.95 Å². The zero-order chi connectivity index (χ0) is 19.7. The number of rotatable bonds is 4. The van der Waals surface area contributed by atoms with E-state index in [4.69, 9.17) is 14.5 Å². The van der Waals surface area contributed by atoms with Crippen molar-refractivity contribution in [2.75, 3.05) is 18.0 Å². The van der Waals surface area contributed by atoms with E-state index in [0.717, 1.165) is 59.3 Å². The Kier molecular flexibility index (Phi) is 5.11. The maximum atomic E-state index is 5.57. The van der Waals surface area contributed by atoms with Crippen LogP contribution in [0.2, 0.25) is 0 Å². The molecule has 1 aliphatic heterocycles. The van der Waals surface area contributed by atoms with Crippen LogP contribution in [-0.2, 0) is 6.42 Å². The van der Waals surface area contributed by atoms with E-state index in [-0.39, 0.29) is 0 Å². The van der Waals surface area contributed by atoms with Crippen LogP contribution in [-0.4, -0.2) is 33.2 Å². The van der Waals surface area contributed by atoms with E-state index >= 15 is 0 Å². The summed E-state index contributed by atoms with van der Waals surface area (Å²) in [5, 5.41) is 4.20. The lowest BCUT2D eigenvalue weighted by Crippen LogP contribution is -2.39. The number of pyridine rings is 1. The third kappa shape index (κ3) is 3.51. The van der Waals surface area contributed by atoms with E-state index in [1.54, 1.807) is 12.4 Å². The second-order valence-electron chi connectivity index (χ2n) is 7.94. The molecule has 0 spiro atoms. The summed E-state index contributed by atoms with van der Waals surface area (Å²) in [7, 11) is 0. The molecule has 0 aliphatic carbocycles. The average Bonchev–Trinajstić information content (AvgIpc) is 3.08. The number of nitrogens with zero attached hydrogens (tertiary/aromatic N) is 5. The summed E-state index contributed by atoms with van der Waals surface area (Å²) in [5.41, 5.74) is 4.75. The van der Waals surface area contributed by atoms with Gasteiger partial charge in [0.25, 0.3) is 0 Å². The summed E-state index contributed by atoms with van der Waals surface area (Å²) in [5.74, 6) is 2.92. The lowest BCUT2D eigenvalue weighted by molar-refractivity contribution is 0.353. The molecule has 0 aromatic carbocycles. The molecule has 6 nitrogen and oxygen atoms in total. The summed E-state index contributed by atoms with van der Waals surface area (Å²) in [6.45, 7) is 10.6. The Balaban J connectivity index is 1.86. The van der Waals surface area contributed by atoms with Gasteiger partial charge in [0.15, 0.2) is 0 Å². The van der Waals surface area contributed by atoms with E-state index in [2.05, 4.69) is 35.8 Å². The summed E-state index contributed by atoms with van der Waals surface area (Å²) < 4.78 is 5.57. The van der Waals surface area contributed by atoms with Crippen LogP contribution in [0.3, 0.4) is 0 Å². The van der Waals surface area contributed by atoms with Crippen molar-refractivity contribution in [2.24, 2.45) is 11.8 Å². The van der Waals surface area contributed by atoms with Gasteiger partial charge in [0, 0.05) is 43.7 Å². The maximum Gasteiger partial charge on any atom is 0.225 e. The van der Waals surface area contributed by atoms with Gasteiger partial charge in [-0.05, 0) is 42.9 Å². The van der Waals surface area contributed by atoms with Crippen LogP contribution in [0.1, 0.15) is 38.6 Å². The van der Waals surface area contributed by atoms with Gasteiger partial charge in [-0.25, -0.2) is 9.97 Å². The highest BCUT2D eigenvalue weighted by molar-refractivity contribution is 5.82. The van der Waals surface area contributed by atoms with Gasteiger partial charge in [-0.15, -0.1) is 0 Å². The van der Waals surface area contributed by atoms with Crippen molar-refractivity contribution < 1.29 is 4.52 Å². The minimum Gasteiger partial charge on any atom is -0.360 e. The van der Waals surface area contributed by atoms with Gasteiger partial charge in [0.2, 0.25) is 5.95 Å². The zero-order valence-corrected chi connectivity index (χ0v) is 17.0. The smallest absolute Gasteiger partial charge is 0.225 e. The van der Waals surface area contributed by atoms with Crippen LogP contribution in [0.25, 0.3) is 22.4 Å². The van der Waals surface area contributed by atoms with E-state index in [1.165, 1.54) is 6.42 Å². The fourth-order valence-corrected chi connectivity index (χ4v) is 4.25. The quantitative estimate of drug-likeness (QED) is 0.664. The molecule has 28 heavy (non-hydrogen) atoms. The molecule has 0 bridgehead atoms. The molecule has 4 rings (SSSR count). The van der Waals surface area contributed by atoms with Crippen molar-refractivity contribution in [2.45, 2.75) is 40.5 Å². The molecule has 1 aliphatic rings. The van der Waals surface area contributed by atoms with Crippen molar-refractivity contribution in [3.8, 4) is 22.4 Å². The molecule has 0 N–H and O–H groups in total. The Hall–Kier alpha value is -2.76. The Bertz CT molecular complexity index is 943. The van der Waals surface area contributed by atoms with Crippen molar-refractivity contribution in [3.05, 3.63) is 42.2 Å². The van der Waals surface area contributed by atoms with E-state index < -0.39 is 0 Å². The average molecular weight is 377 g/mol. The second kappa shape index (κ2) is 7.70. The van der Waals surface area contributed by atoms with Crippen molar-refractivity contribution in [3.63, 3.8) is 0 Å². The first kappa shape index (κ1) is 18.6. The number of aryl methyl sites for hydroxylation is 2. The normalized spacial score (nSPS) is 19.8. The molecule has 4 heterocycles. The molecular weight excluding hydrogens is 350 g/mol. The summed E-state index contributed by atoms with van der Waals surface area (Å²) >= 11 is 0. The first-order valence-electron chi connectivity index (χ1n) is 10.0. The minimum atomic E-state index is 0.638. The molecule has 3 aromatic rings. The Morgan fingerprint density at radius 3 is 2.54 bits per heavy atom. The molecule has 0 unspecified atom stereocenters. The van der Waals surface area contributed by atoms with Crippen molar-refractivity contribution >= 4 is 5.95 Å². The molecule has 0 radical (unpaired) electrons. The van der Waals surface area contributed by atoms with Crippen molar-refractivity contribution in [1.82, 2.24) is 20.1 Å². The molecule has 0 saturated carbocycles. The van der Waals surface area contributed by atoms with Gasteiger partial charge >= 0.3 is 0 Å². The van der Waals surface area contributed by atoms with Crippen molar-refractivity contribution in [1.29, 1.82) is 0 Å². The Morgan fingerprint density at radius 1 is 1.14 bits per heavy atom. The minimum absolute atomic E-state index is 0.638. The zero-order valence-electron chi connectivity index (χ0n) is 17.0. The molecule has 146 valence electrons. The fourth-order valence-electron chi connectivity index (χ4n) is 4.25. The SMILES string of the molecule is CCc1onc(C)c1-c1nc(N2C[C@@H](C)C[C@H](C)C2)ncc1-c1ccncc1. The number of anilines is 1. The standard InChI is InChI=1S/C22H27N5O/c1-5-19-20(16(4)26-28-19)21-18(17-6-8-23-9-7-17)11-24-22(25-21)27-12-14(2)10-15(3)13-27/h6-9,11,14-15H,5,10,12-13H2,1-4H3/t14-,15-/m0/s1. The maximum absolute atomic E-state index is 5.57. The van der Waals surface area contributed by atoms with Gasteiger partial charge < -0.3 is 9.42 Å². The van der Waals surface area contributed by atoms with Gasteiger partial charge in [-0.3, -0.25) is 4.98 Å². The third-order valence-electron chi connectivity index (χ3n) is 5.41. The first-order chi connectivity index (χ1) is 13.6. The molecule has 1 saturated heterocycles. The highest BCUT2D eigenvalue weighted by atomic mass is 16.5. The molecule has 1 fully saturated rings. The van der Waals surface area contributed by atoms with Crippen LogP contribution in [0.5, 0.6) is 0 Å². The number of hydrogen-bond acceptors (Lipinski definition) is 6. The highest BCUT2D eigenvalue weighted by Gasteiger charge is 2.26. The number of piperidine rings is 1. The third-order valence-corrected chi connectivity index (χ3v) is 5.41. The fraction of sp³-hybridized carbons (Fsp3) is 0.455. The number of aromatic nitrogens is 4. The highest BCUT2D eigenvalue weighted by Crippen LogP contribution is 2.36. The summed E-state index contributed by atoms with van der Waals surface area (Å²) in [6.07, 6.45) is 7.54. The Labute approximate surface area is 166 Å². The Morgan fingerprint density at radius 2 is 1.86 bits per heavy atom. The second-order valence-corrected chi connectivity index (χ2v) is 7.94. The molecule has 0 amide bonds. The topological polar surface area (TPSA) is 67.9 Å². The van der Waals surface area contributed by atoms with Gasteiger partial charge in [-0.1, -0.05) is 25.9 Å². The van der Waals surface area contributed by atoms with E-state index in [0.29, 0.717) is 11.8 Å². The molecular formula is C22H27N5O. The first-order valence-corrected chi connectivity index (χ1v) is 10.0. The predicted molar refractivity (Wildman–Crippen MR) is 110 cm³/mol. The number of hydrogen-bond donors (Lipinski definition) is 0. The molecule has 2 atom stereocenters. The lowest BCUT2D eigenvalue weighted by atomic mass is 9.92. The van der Waals surface area contributed by atoms with Gasteiger partial charge in [-0.2, -0.15) is 0 Å². The summed E-state index contributed by atoms with van der Waals surface area (Å²) in [6, 6.07) is 3.97. The van der Waals surface area contributed by atoms with E-state index in [9.17, 15) is 0 Å². The monoisotopic (exact) mass is 377 g/mol. The van der Waals surface area contributed by atoms with Gasteiger partial charge in [0.1, 0.15) is 5.76 Å². The largest absolute Gasteiger partial charge is 0.360 e. The van der Waals surface area contributed by atoms with Crippen LogP contribution in [0.15, 0.2) is 35.2 Å². The lowest BCUT2D eigenvalue weighted by Gasteiger charge is -2.35. The molecule has 6 heteroatoms. The predicted octanol–water partition coefficient (Wildman–Crippen LogP) is 4.55. The van der Waals surface area contributed by atoms with Crippen LogP contribution < -0.4 is 4.90 Å². The summed E-state index contributed by atoms with van der Waals surface area (Å²) in [4.78, 5) is 16.2. The van der Waals surface area contributed by atoms with Gasteiger partial charge in [0.05, 0.1) is 17.0 Å². The van der Waals surface area contributed by atoms with Crippen LogP contribution in [0, 0.1) is 18.8 Å². The van der Waals surface area contributed by atoms with E-state index in [1.807, 2.05) is 25.3 Å². The van der Waals surface area contributed by atoms with Crippen LogP contribution >= 0.6 is 0 Å².